The van der Waals surface area contributed by atoms with Gasteiger partial charge in [-0.3, -0.25) is 4.79 Å². The maximum atomic E-state index is 13.3. The third-order valence-corrected chi connectivity index (χ3v) is 3.67. The fourth-order valence-electron chi connectivity index (χ4n) is 2.34. The predicted octanol–water partition coefficient (Wildman–Crippen LogP) is 3.54. The summed E-state index contributed by atoms with van der Waals surface area (Å²) >= 11 is 0. The standard InChI is InChI=1S/C19H14F2N4O3/c1-28-19(27)12-4-2-3-5-15(12)25-18(26)16-9-17(23-10-22-16)24-11-6-7-13(20)14(21)8-11/h2-10H,1H3,(H,25,26)(H,22,23,24). The molecule has 0 aliphatic heterocycles. The van der Waals surface area contributed by atoms with Crippen molar-refractivity contribution in [2.75, 3.05) is 17.7 Å². The summed E-state index contributed by atoms with van der Waals surface area (Å²) in [6, 6.07) is 10.9. The molecule has 9 heteroatoms. The molecule has 1 aromatic heterocycles. The average Bonchev–Trinajstić information content (AvgIpc) is 2.71. The van der Waals surface area contributed by atoms with E-state index in [0.29, 0.717) is 0 Å². The maximum absolute atomic E-state index is 13.3. The first-order valence-corrected chi connectivity index (χ1v) is 8.00. The first kappa shape index (κ1) is 18.9. The van der Waals surface area contributed by atoms with Crippen LogP contribution in [0.15, 0.2) is 54.9 Å². The molecule has 0 spiro atoms. The monoisotopic (exact) mass is 384 g/mol. The minimum atomic E-state index is -1.02. The predicted molar refractivity (Wildman–Crippen MR) is 97.4 cm³/mol. The fourth-order valence-corrected chi connectivity index (χ4v) is 2.34. The van der Waals surface area contributed by atoms with Crippen molar-refractivity contribution in [1.82, 2.24) is 9.97 Å². The number of benzene rings is 2. The highest BCUT2D eigenvalue weighted by Gasteiger charge is 2.15. The topological polar surface area (TPSA) is 93.2 Å². The normalized spacial score (nSPS) is 10.2. The van der Waals surface area contributed by atoms with Crippen LogP contribution >= 0.6 is 0 Å². The highest BCUT2D eigenvalue weighted by Crippen LogP contribution is 2.19. The van der Waals surface area contributed by atoms with E-state index in [1.54, 1.807) is 18.2 Å². The van der Waals surface area contributed by atoms with Crippen LogP contribution in [0.25, 0.3) is 0 Å². The van der Waals surface area contributed by atoms with Crippen molar-refractivity contribution >= 4 is 29.1 Å². The van der Waals surface area contributed by atoms with Crippen LogP contribution in [0.5, 0.6) is 0 Å². The lowest BCUT2D eigenvalue weighted by Gasteiger charge is -2.10. The number of carbonyl (C=O) groups is 2. The van der Waals surface area contributed by atoms with Gasteiger partial charge in [0.1, 0.15) is 17.8 Å². The number of para-hydroxylation sites is 1. The van der Waals surface area contributed by atoms with Crippen molar-refractivity contribution in [3.8, 4) is 0 Å². The summed E-state index contributed by atoms with van der Waals surface area (Å²) in [4.78, 5) is 32.1. The van der Waals surface area contributed by atoms with E-state index in [1.807, 2.05) is 0 Å². The number of hydrogen-bond acceptors (Lipinski definition) is 6. The molecule has 1 heterocycles. The number of nitrogens with one attached hydrogen (secondary N) is 2. The molecule has 2 N–H and O–H groups in total. The highest BCUT2D eigenvalue weighted by atomic mass is 19.2. The Morgan fingerprint density at radius 2 is 1.79 bits per heavy atom. The Balaban J connectivity index is 1.79. The molecule has 3 aromatic rings. The molecule has 0 saturated heterocycles. The summed E-state index contributed by atoms with van der Waals surface area (Å²) in [5.41, 5.74) is 0.695. The molecule has 0 aliphatic rings. The van der Waals surface area contributed by atoms with Crippen molar-refractivity contribution < 1.29 is 23.1 Å². The van der Waals surface area contributed by atoms with Crippen LogP contribution < -0.4 is 10.6 Å². The Hall–Kier alpha value is -3.88. The number of anilines is 3. The van der Waals surface area contributed by atoms with Crippen molar-refractivity contribution in [3.63, 3.8) is 0 Å². The quantitative estimate of drug-likeness (QED) is 0.654. The minimum absolute atomic E-state index is 0.000229. The Labute approximate surface area is 158 Å². The molecule has 28 heavy (non-hydrogen) atoms. The number of halogens is 2. The second-order valence-electron chi connectivity index (χ2n) is 5.53. The fraction of sp³-hybridized carbons (Fsp3) is 0.0526. The minimum Gasteiger partial charge on any atom is -0.465 e. The van der Waals surface area contributed by atoms with E-state index in [0.717, 1.165) is 18.5 Å². The zero-order valence-electron chi connectivity index (χ0n) is 14.6. The van der Waals surface area contributed by atoms with E-state index >= 15 is 0 Å². The molecule has 0 saturated carbocycles. The molecule has 0 fully saturated rings. The molecule has 2 aromatic carbocycles. The van der Waals surface area contributed by atoms with E-state index in [4.69, 9.17) is 0 Å². The van der Waals surface area contributed by atoms with Crippen LogP contribution in [0.1, 0.15) is 20.8 Å². The van der Waals surface area contributed by atoms with E-state index in [2.05, 4.69) is 25.3 Å². The Morgan fingerprint density at radius 3 is 2.54 bits per heavy atom. The van der Waals surface area contributed by atoms with Crippen molar-refractivity contribution in [2.45, 2.75) is 0 Å². The number of methoxy groups -OCH3 is 1. The molecule has 0 radical (unpaired) electrons. The van der Waals surface area contributed by atoms with Gasteiger partial charge in [-0.1, -0.05) is 12.1 Å². The molecule has 7 nitrogen and oxygen atoms in total. The average molecular weight is 384 g/mol. The Morgan fingerprint density at radius 1 is 1.00 bits per heavy atom. The number of aromatic nitrogens is 2. The van der Waals surface area contributed by atoms with Crippen LogP contribution in [-0.2, 0) is 4.74 Å². The van der Waals surface area contributed by atoms with Gasteiger partial charge >= 0.3 is 5.97 Å². The van der Waals surface area contributed by atoms with Gasteiger partial charge < -0.3 is 15.4 Å². The largest absolute Gasteiger partial charge is 0.465 e. The lowest BCUT2D eigenvalue weighted by molar-refractivity contribution is 0.0602. The van der Waals surface area contributed by atoms with E-state index < -0.39 is 23.5 Å². The summed E-state index contributed by atoms with van der Waals surface area (Å²) in [6.45, 7) is 0. The van der Waals surface area contributed by atoms with Gasteiger partial charge in [-0.25, -0.2) is 23.5 Å². The van der Waals surface area contributed by atoms with E-state index in [1.165, 1.54) is 25.3 Å². The molecule has 142 valence electrons. The zero-order chi connectivity index (χ0) is 20.1. The van der Waals surface area contributed by atoms with E-state index in [-0.39, 0.29) is 28.5 Å². The van der Waals surface area contributed by atoms with E-state index in [9.17, 15) is 18.4 Å². The molecule has 1 amide bonds. The second kappa shape index (κ2) is 8.21. The number of rotatable bonds is 5. The number of esters is 1. The number of ether oxygens (including phenoxy) is 1. The molecule has 0 bridgehead atoms. The Kier molecular flexibility index (Phi) is 5.54. The Bertz CT molecular complexity index is 1040. The molecular weight excluding hydrogens is 370 g/mol. The van der Waals surface area contributed by atoms with Crippen molar-refractivity contribution in [2.24, 2.45) is 0 Å². The summed E-state index contributed by atoms with van der Waals surface area (Å²) in [5.74, 6) is -2.98. The number of amides is 1. The van der Waals surface area contributed by atoms with Crippen LogP contribution in [0.4, 0.5) is 26.0 Å². The van der Waals surface area contributed by atoms with Crippen molar-refractivity contribution in [1.29, 1.82) is 0 Å². The zero-order valence-corrected chi connectivity index (χ0v) is 14.6. The van der Waals surface area contributed by atoms with Gasteiger partial charge in [0.15, 0.2) is 11.6 Å². The highest BCUT2D eigenvalue weighted by molar-refractivity contribution is 6.07. The van der Waals surface area contributed by atoms with Gasteiger partial charge in [0.25, 0.3) is 5.91 Å². The van der Waals surface area contributed by atoms with Gasteiger partial charge in [0.2, 0.25) is 0 Å². The summed E-state index contributed by atoms with van der Waals surface area (Å²) < 4.78 is 31.0. The molecular formula is C19H14F2N4O3. The van der Waals surface area contributed by atoms with Crippen LogP contribution in [-0.4, -0.2) is 29.0 Å². The summed E-state index contributed by atoms with van der Waals surface area (Å²) in [5, 5.41) is 5.34. The van der Waals surface area contributed by atoms with Crippen LogP contribution in [0, 0.1) is 11.6 Å². The third kappa shape index (κ3) is 4.26. The third-order valence-electron chi connectivity index (χ3n) is 3.67. The number of carbonyl (C=O) groups excluding carboxylic acids is 2. The smallest absolute Gasteiger partial charge is 0.339 e. The SMILES string of the molecule is COC(=O)c1ccccc1NC(=O)c1cc(Nc2ccc(F)c(F)c2)ncn1. The summed E-state index contributed by atoms with van der Waals surface area (Å²) in [7, 11) is 1.24. The number of hydrogen-bond donors (Lipinski definition) is 2. The maximum Gasteiger partial charge on any atom is 0.339 e. The molecule has 0 atom stereocenters. The van der Waals surface area contributed by atoms with Crippen molar-refractivity contribution in [3.05, 3.63) is 77.8 Å². The molecule has 3 rings (SSSR count). The van der Waals surface area contributed by atoms with Gasteiger partial charge in [0.05, 0.1) is 18.4 Å². The lowest BCUT2D eigenvalue weighted by atomic mass is 10.1. The van der Waals surface area contributed by atoms with Gasteiger partial charge in [-0.2, -0.15) is 0 Å². The van der Waals surface area contributed by atoms with Gasteiger partial charge in [-0.05, 0) is 24.3 Å². The number of nitrogens with zero attached hydrogens (tertiary/aromatic N) is 2. The first-order valence-electron chi connectivity index (χ1n) is 8.00. The lowest BCUT2D eigenvalue weighted by Crippen LogP contribution is -2.17. The van der Waals surface area contributed by atoms with Gasteiger partial charge in [0, 0.05) is 17.8 Å². The molecule has 0 aliphatic carbocycles. The van der Waals surface area contributed by atoms with Crippen LogP contribution in [0.3, 0.4) is 0 Å². The summed E-state index contributed by atoms with van der Waals surface area (Å²) in [6.07, 6.45) is 1.14. The first-order chi connectivity index (χ1) is 13.5. The van der Waals surface area contributed by atoms with Crippen LogP contribution in [0.2, 0.25) is 0 Å². The second-order valence-corrected chi connectivity index (χ2v) is 5.53. The molecule has 0 unspecified atom stereocenters. The van der Waals surface area contributed by atoms with Gasteiger partial charge in [-0.15, -0.1) is 0 Å².